The van der Waals surface area contributed by atoms with Gasteiger partial charge in [0.05, 0.1) is 0 Å². The van der Waals surface area contributed by atoms with Gasteiger partial charge in [0.1, 0.15) is 5.76 Å². The second-order valence-electron chi connectivity index (χ2n) is 5.82. The van der Waals surface area contributed by atoms with Crippen molar-refractivity contribution in [1.82, 2.24) is 0 Å². The van der Waals surface area contributed by atoms with Gasteiger partial charge >= 0.3 is 7.82 Å². The van der Waals surface area contributed by atoms with Crippen LogP contribution in [0.4, 0.5) is 0 Å². The van der Waals surface area contributed by atoms with Gasteiger partial charge in [0, 0.05) is 21.5 Å². The van der Waals surface area contributed by atoms with Crippen LogP contribution in [-0.4, -0.2) is 14.7 Å². The lowest BCUT2D eigenvalue weighted by Crippen LogP contribution is -2.02. The Balaban J connectivity index is 0.00000129. The summed E-state index contributed by atoms with van der Waals surface area (Å²) >= 11 is 0. The summed E-state index contributed by atoms with van der Waals surface area (Å²) in [7, 11) is -4.64. The Labute approximate surface area is 165 Å². The maximum Gasteiger partial charge on any atom is 0.466 e. The first-order valence-electron chi connectivity index (χ1n) is 9.19. The van der Waals surface area contributed by atoms with Crippen LogP contribution in [0.25, 0.3) is 0 Å². The van der Waals surface area contributed by atoms with E-state index in [1.165, 1.54) is 38.5 Å². The van der Waals surface area contributed by atoms with Crippen molar-refractivity contribution in [3.63, 3.8) is 0 Å². The van der Waals surface area contributed by atoms with Crippen molar-refractivity contribution in [2.45, 2.75) is 65.2 Å². The third-order valence-corrected chi connectivity index (χ3v) is 3.42. The lowest BCUT2D eigenvalue weighted by molar-refractivity contribution is -0.685. The maximum atomic E-state index is 8.88. The highest BCUT2D eigenvalue weighted by atomic mass is 31.2. The third kappa shape index (κ3) is 20.9. The zero-order valence-corrected chi connectivity index (χ0v) is 17.3. The molecule has 28 heavy (non-hydrogen) atoms. The Morgan fingerprint density at radius 3 is 2.07 bits per heavy atom. The Morgan fingerprint density at radius 1 is 0.929 bits per heavy atom. The van der Waals surface area contributed by atoms with Gasteiger partial charge in [-0.25, -0.2) is 4.57 Å². The highest BCUT2D eigenvalue weighted by Crippen LogP contribution is 2.25. The van der Waals surface area contributed by atoms with Gasteiger partial charge in [0.15, 0.2) is 5.75 Å². The van der Waals surface area contributed by atoms with Crippen molar-refractivity contribution in [2.75, 3.05) is 0 Å². The molecule has 0 fully saturated rings. The van der Waals surface area contributed by atoms with E-state index >= 15 is 0 Å². The van der Waals surface area contributed by atoms with Gasteiger partial charge in [0.2, 0.25) is 0 Å². The lowest BCUT2D eigenvalue weighted by Gasteiger charge is -2.06. The second-order valence-corrected chi connectivity index (χ2v) is 6.85. The maximum absolute atomic E-state index is 8.88. The van der Waals surface area contributed by atoms with Gasteiger partial charge in [-0.15, -0.1) is 0 Å². The number of hydrogen-bond acceptors (Lipinski definition) is 6. The zero-order chi connectivity index (χ0) is 21.1. The molecule has 0 aliphatic rings. The summed E-state index contributed by atoms with van der Waals surface area (Å²) in [5.41, 5.74) is 0. The van der Waals surface area contributed by atoms with E-state index in [9.17, 15) is 0 Å². The quantitative estimate of drug-likeness (QED) is 0.126. The van der Waals surface area contributed by atoms with Crippen LogP contribution in [0, 0.1) is 0 Å². The smallest absolute Gasteiger partial charge is 0.311 e. The lowest BCUT2D eigenvalue weighted by atomic mass is 10.1. The molecule has 0 aromatic heterocycles. The van der Waals surface area contributed by atoms with Gasteiger partial charge in [-0.2, -0.15) is 0 Å². The van der Waals surface area contributed by atoms with Gasteiger partial charge in [-0.05, 0) is 31.6 Å². The molecule has 0 amide bonds. The molecule has 0 heterocycles. The summed E-state index contributed by atoms with van der Waals surface area (Å²) in [5, 5.41) is 13.3. The highest BCUT2D eigenvalue weighted by Gasteiger charge is 2.02. The van der Waals surface area contributed by atoms with E-state index in [-0.39, 0.29) is 0 Å². The molecule has 0 saturated heterocycles. The summed E-state index contributed by atoms with van der Waals surface area (Å²) in [4.78, 5) is 31.4. The minimum absolute atomic E-state index is 0.505. The Bertz CT molecular complexity index is 537. The Hall–Kier alpha value is -1.45. The molecule has 0 saturated carbocycles. The molecule has 10 heteroatoms. The Kier molecular flexibility index (Phi) is 16.7. The zero-order valence-electron chi connectivity index (χ0n) is 16.4. The van der Waals surface area contributed by atoms with Crippen molar-refractivity contribution in [1.29, 1.82) is 0 Å². The molecule has 0 bridgehead atoms. The molecule has 1 rings (SSSR count). The summed E-state index contributed by atoms with van der Waals surface area (Å²) in [6.07, 6.45) is 11.4. The predicted octanol–water partition coefficient (Wildman–Crippen LogP) is 4.91. The number of phosphoric acid groups is 1. The van der Waals surface area contributed by atoms with Crippen LogP contribution in [0.15, 0.2) is 42.2 Å². The molecule has 9 nitrogen and oxygen atoms in total. The molecule has 1 aromatic rings. The molecular formula is C18H31O9P. The van der Waals surface area contributed by atoms with Crippen molar-refractivity contribution in [3.8, 4) is 5.75 Å². The summed E-state index contributed by atoms with van der Waals surface area (Å²) < 4.78 is 8.88. The molecule has 0 atom stereocenters. The SMILES string of the molecule is CC=C(CCCCCCCCC)OOOOOc1ccccc1.O=P(O)(O)O. The summed E-state index contributed by atoms with van der Waals surface area (Å²) in [6, 6.07) is 8.95. The number of benzene rings is 1. The average Bonchev–Trinajstić information content (AvgIpc) is 2.65. The molecule has 3 N–H and O–H groups in total. The summed E-state index contributed by atoms with van der Waals surface area (Å²) in [6.45, 7) is 4.12. The third-order valence-electron chi connectivity index (χ3n) is 3.42. The minimum Gasteiger partial charge on any atom is -0.311 e. The van der Waals surface area contributed by atoms with E-state index in [1.54, 1.807) is 12.1 Å². The van der Waals surface area contributed by atoms with Crippen LogP contribution in [0.1, 0.15) is 65.2 Å². The van der Waals surface area contributed by atoms with Crippen molar-refractivity contribution >= 4 is 7.82 Å². The van der Waals surface area contributed by atoms with Gasteiger partial charge < -0.3 is 24.5 Å². The number of rotatable bonds is 14. The molecule has 0 aliphatic carbocycles. The molecule has 0 radical (unpaired) electrons. The van der Waals surface area contributed by atoms with Crippen LogP contribution < -0.4 is 4.89 Å². The molecular weight excluding hydrogens is 391 g/mol. The van der Waals surface area contributed by atoms with Gasteiger partial charge in [-0.1, -0.05) is 63.6 Å². The fourth-order valence-corrected chi connectivity index (χ4v) is 2.09. The van der Waals surface area contributed by atoms with Crippen molar-refractivity contribution in [2.24, 2.45) is 0 Å². The highest BCUT2D eigenvalue weighted by molar-refractivity contribution is 7.45. The summed E-state index contributed by atoms with van der Waals surface area (Å²) in [5.74, 6) is 1.22. The van der Waals surface area contributed by atoms with Crippen molar-refractivity contribution in [3.05, 3.63) is 42.2 Å². The molecule has 0 unspecified atom stereocenters. The van der Waals surface area contributed by atoms with Crippen LogP contribution in [0.2, 0.25) is 0 Å². The van der Waals surface area contributed by atoms with Crippen LogP contribution >= 0.6 is 7.82 Å². The fraction of sp³-hybridized carbons (Fsp3) is 0.556. The second kappa shape index (κ2) is 17.6. The number of allylic oxidation sites excluding steroid dienone is 2. The van der Waals surface area contributed by atoms with Gasteiger partial charge in [0.25, 0.3) is 0 Å². The van der Waals surface area contributed by atoms with E-state index < -0.39 is 7.82 Å². The minimum atomic E-state index is -4.64. The number of para-hydroxylation sites is 1. The Morgan fingerprint density at radius 2 is 1.50 bits per heavy atom. The van der Waals surface area contributed by atoms with E-state index in [0.717, 1.165) is 12.8 Å². The largest absolute Gasteiger partial charge is 0.466 e. The first-order valence-corrected chi connectivity index (χ1v) is 10.8. The molecule has 1 aromatic carbocycles. The normalized spacial score (nSPS) is 11.5. The van der Waals surface area contributed by atoms with Crippen LogP contribution in [-0.2, 0) is 24.6 Å². The molecule has 0 spiro atoms. The number of unbranched alkanes of at least 4 members (excludes halogenated alkanes) is 6. The van der Waals surface area contributed by atoms with E-state index in [1.807, 2.05) is 31.2 Å². The van der Waals surface area contributed by atoms with E-state index in [4.69, 9.17) is 29.0 Å². The first-order chi connectivity index (χ1) is 13.4. The molecule has 162 valence electrons. The topological polar surface area (TPSA) is 124 Å². The van der Waals surface area contributed by atoms with Crippen LogP contribution in [0.3, 0.4) is 0 Å². The standard InChI is InChI=1S/C18H28O5.H3O4P/c1-3-5-6-7-8-9-11-14-17(4-2)19-21-23-22-20-18-15-12-10-13-16-18;1-5(2,3)4/h4,10,12-13,15-16H,3,5-9,11,14H2,1-2H3;(H3,1,2,3,4). The molecule has 0 aliphatic heterocycles. The van der Waals surface area contributed by atoms with Gasteiger partial charge in [-0.3, -0.25) is 0 Å². The van der Waals surface area contributed by atoms with Crippen LogP contribution in [0.5, 0.6) is 5.75 Å². The monoisotopic (exact) mass is 422 g/mol. The van der Waals surface area contributed by atoms with E-state index in [2.05, 4.69) is 22.0 Å². The number of hydrogen-bond donors (Lipinski definition) is 3. The van der Waals surface area contributed by atoms with E-state index in [0.29, 0.717) is 11.5 Å². The van der Waals surface area contributed by atoms with Crippen molar-refractivity contribution < 1.29 is 44.1 Å². The predicted molar refractivity (Wildman–Crippen MR) is 102 cm³/mol. The fourth-order valence-electron chi connectivity index (χ4n) is 2.09. The average molecular weight is 422 g/mol. The first kappa shape index (κ1) is 26.6.